The van der Waals surface area contributed by atoms with E-state index in [1.165, 1.54) is 0 Å². The second-order valence-corrected chi connectivity index (χ2v) is 2.74. The van der Waals surface area contributed by atoms with Crippen LogP contribution in [0.25, 0.3) is 0 Å². The average Bonchev–Trinajstić information content (AvgIpc) is 1.98. The SMILES string of the molecule is CC=C(Cl)C(=NC)OC(C)C. The minimum absolute atomic E-state index is 0.113. The molecule has 0 N–H and O–H groups in total. The van der Waals surface area contributed by atoms with Gasteiger partial charge < -0.3 is 4.74 Å². The highest BCUT2D eigenvalue weighted by Gasteiger charge is 2.04. The Morgan fingerprint density at radius 3 is 2.36 bits per heavy atom. The zero-order valence-corrected chi connectivity index (χ0v) is 8.14. The maximum absolute atomic E-state index is 5.78. The maximum Gasteiger partial charge on any atom is 0.227 e. The molecule has 0 saturated heterocycles. The van der Waals surface area contributed by atoms with Gasteiger partial charge in [0.1, 0.15) is 0 Å². The smallest absolute Gasteiger partial charge is 0.227 e. The number of hydrogen-bond donors (Lipinski definition) is 0. The molecule has 11 heavy (non-hydrogen) atoms. The van der Waals surface area contributed by atoms with Gasteiger partial charge in [-0.3, -0.25) is 4.99 Å². The van der Waals surface area contributed by atoms with E-state index in [1.807, 2.05) is 20.8 Å². The molecule has 0 amide bonds. The summed E-state index contributed by atoms with van der Waals surface area (Å²) < 4.78 is 5.30. The molecular formula is C8H14ClNO. The van der Waals surface area contributed by atoms with Gasteiger partial charge in [0.25, 0.3) is 0 Å². The van der Waals surface area contributed by atoms with Gasteiger partial charge in [0.15, 0.2) is 0 Å². The normalized spacial score (nSPS) is 14.0. The van der Waals surface area contributed by atoms with E-state index in [4.69, 9.17) is 16.3 Å². The third-order valence-electron chi connectivity index (χ3n) is 1.01. The maximum atomic E-state index is 5.78. The molecule has 0 aromatic heterocycles. The van der Waals surface area contributed by atoms with Crippen molar-refractivity contribution in [2.45, 2.75) is 26.9 Å². The van der Waals surface area contributed by atoms with E-state index >= 15 is 0 Å². The van der Waals surface area contributed by atoms with Crippen LogP contribution in [0.4, 0.5) is 0 Å². The molecule has 0 fully saturated rings. The van der Waals surface area contributed by atoms with Crippen molar-refractivity contribution in [2.24, 2.45) is 4.99 Å². The quantitative estimate of drug-likeness (QED) is 0.467. The molecule has 2 nitrogen and oxygen atoms in total. The Bertz CT molecular complexity index is 173. The summed E-state index contributed by atoms with van der Waals surface area (Å²) in [5, 5.41) is 0.557. The molecule has 0 radical (unpaired) electrons. The van der Waals surface area contributed by atoms with E-state index in [1.54, 1.807) is 13.1 Å². The van der Waals surface area contributed by atoms with Crippen LogP contribution in [-0.2, 0) is 4.74 Å². The third kappa shape index (κ3) is 4.04. The average molecular weight is 176 g/mol. The number of nitrogens with zero attached hydrogens (tertiary/aromatic N) is 1. The topological polar surface area (TPSA) is 21.6 Å². The highest BCUT2D eigenvalue weighted by atomic mass is 35.5. The van der Waals surface area contributed by atoms with E-state index in [2.05, 4.69) is 4.99 Å². The molecule has 0 aromatic rings. The van der Waals surface area contributed by atoms with Gasteiger partial charge in [0.2, 0.25) is 5.90 Å². The summed E-state index contributed by atoms with van der Waals surface area (Å²) in [5.41, 5.74) is 0. The summed E-state index contributed by atoms with van der Waals surface area (Å²) in [6.07, 6.45) is 1.87. The minimum atomic E-state index is 0.113. The molecule has 0 saturated carbocycles. The zero-order chi connectivity index (χ0) is 8.85. The van der Waals surface area contributed by atoms with E-state index in [0.717, 1.165) is 0 Å². The first-order chi connectivity index (χ1) is 5.11. The predicted octanol–water partition coefficient (Wildman–Crippen LogP) is 2.58. The van der Waals surface area contributed by atoms with Crippen LogP contribution in [0, 0.1) is 0 Å². The van der Waals surface area contributed by atoms with Crippen LogP contribution >= 0.6 is 11.6 Å². The predicted molar refractivity (Wildman–Crippen MR) is 49.2 cm³/mol. The molecular weight excluding hydrogens is 162 g/mol. The highest BCUT2D eigenvalue weighted by molar-refractivity contribution is 6.42. The number of allylic oxidation sites excluding steroid dienone is 1. The van der Waals surface area contributed by atoms with Crippen LogP contribution in [0.5, 0.6) is 0 Å². The van der Waals surface area contributed by atoms with Crippen molar-refractivity contribution in [3.63, 3.8) is 0 Å². The number of halogens is 1. The first-order valence-electron chi connectivity index (χ1n) is 3.57. The molecule has 0 bridgehead atoms. The molecule has 0 aliphatic carbocycles. The summed E-state index contributed by atoms with van der Waals surface area (Å²) in [6, 6.07) is 0. The van der Waals surface area contributed by atoms with Crippen molar-refractivity contribution in [3.8, 4) is 0 Å². The van der Waals surface area contributed by atoms with E-state index in [0.29, 0.717) is 10.9 Å². The van der Waals surface area contributed by atoms with Crippen molar-refractivity contribution in [3.05, 3.63) is 11.1 Å². The number of aliphatic imine (C=N–C) groups is 1. The Morgan fingerprint density at radius 2 is 2.09 bits per heavy atom. The molecule has 0 aliphatic rings. The van der Waals surface area contributed by atoms with Crippen LogP contribution in [0.2, 0.25) is 0 Å². The van der Waals surface area contributed by atoms with Crippen molar-refractivity contribution >= 4 is 17.5 Å². The Hall–Kier alpha value is -0.500. The minimum Gasteiger partial charge on any atom is -0.474 e. The van der Waals surface area contributed by atoms with Gasteiger partial charge >= 0.3 is 0 Å². The molecule has 64 valence electrons. The van der Waals surface area contributed by atoms with Gasteiger partial charge in [0.05, 0.1) is 11.1 Å². The van der Waals surface area contributed by atoms with Crippen molar-refractivity contribution in [1.29, 1.82) is 0 Å². The fourth-order valence-corrected chi connectivity index (χ4v) is 0.692. The fourth-order valence-electron chi connectivity index (χ4n) is 0.563. The standard InChI is InChI=1S/C8H14ClNO/c1-5-7(9)8(10-4)11-6(2)3/h5-6H,1-4H3. The van der Waals surface area contributed by atoms with Gasteiger partial charge in [-0.25, -0.2) is 0 Å². The molecule has 0 unspecified atom stereocenters. The lowest BCUT2D eigenvalue weighted by Gasteiger charge is -2.10. The largest absolute Gasteiger partial charge is 0.474 e. The Kier molecular flexibility index (Phi) is 4.95. The number of rotatable bonds is 2. The van der Waals surface area contributed by atoms with Crippen molar-refractivity contribution in [1.82, 2.24) is 0 Å². The van der Waals surface area contributed by atoms with E-state index < -0.39 is 0 Å². The van der Waals surface area contributed by atoms with Gasteiger partial charge in [-0.05, 0) is 20.8 Å². The molecule has 0 rings (SSSR count). The van der Waals surface area contributed by atoms with Gasteiger partial charge in [-0.2, -0.15) is 0 Å². The second kappa shape index (κ2) is 5.19. The second-order valence-electron chi connectivity index (χ2n) is 2.33. The summed E-state index contributed by atoms with van der Waals surface area (Å²) in [7, 11) is 1.66. The van der Waals surface area contributed by atoms with E-state index in [9.17, 15) is 0 Å². The monoisotopic (exact) mass is 175 g/mol. The van der Waals surface area contributed by atoms with Crippen LogP contribution in [-0.4, -0.2) is 19.0 Å². The molecule has 0 heterocycles. The van der Waals surface area contributed by atoms with E-state index in [-0.39, 0.29) is 6.10 Å². The van der Waals surface area contributed by atoms with Crippen molar-refractivity contribution in [2.75, 3.05) is 7.05 Å². The molecule has 0 atom stereocenters. The molecule has 3 heteroatoms. The zero-order valence-electron chi connectivity index (χ0n) is 7.39. The van der Waals surface area contributed by atoms with Crippen LogP contribution in [0.15, 0.2) is 16.1 Å². The summed E-state index contributed by atoms with van der Waals surface area (Å²) in [5.74, 6) is 0.504. The first-order valence-corrected chi connectivity index (χ1v) is 3.95. The van der Waals surface area contributed by atoms with Crippen LogP contribution in [0.1, 0.15) is 20.8 Å². The number of ether oxygens (including phenoxy) is 1. The molecule has 0 spiro atoms. The van der Waals surface area contributed by atoms with Crippen molar-refractivity contribution < 1.29 is 4.74 Å². The van der Waals surface area contributed by atoms with Gasteiger partial charge in [-0.15, -0.1) is 0 Å². The fraction of sp³-hybridized carbons (Fsp3) is 0.625. The van der Waals surface area contributed by atoms with Crippen LogP contribution in [0.3, 0.4) is 0 Å². The highest BCUT2D eigenvalue weighted by Crippen LogP contribution is 2.07. The first kappa shape index (κ1) is 10.5. The molecule has 0 aliphatic heterocycles. The summed E-state index contributed by atoms with van der Waals surface area (Å²) in [6.45, 7) is 5.72. The van der Waals surface area contributed by atoms with Gasteiger partial charge in [0, 0.05) is 7.05 Å². The Morgan fingerprint density at radius 1 is 1.55 bits per heavy atom. The lowest BCUT2D eigenvalue weighted by Crippen LogP contribution is -2.11. The summed E-state index contributed by atoms with van der Waals surface area (Å²) in [4.78, 5) is 3.89. The lowest BCUT2D eigenvalue weighted by molar-refractivity contribution is 0.229. The summed E-state index contributed by atoms with van der Waals surface area (Å²) >= 11 is 5.78. The third-order valence-corrected chi connectivity index (χ3v) is 1.39. The Labute approximate surface area is 72.9 Å². The van der Waals surface area contributed by atoms with Gasteiger partial charge in [-0.1, -0.05) is 17.7 Å². The Balaban J connectivity index is 4.21. The lowest BCUT2D eigenvalue weighted by atomic mass is 10.4. The molecule has 0 aromatic carbocycles. The number of hydrogen-bond acceptors (Lipinski definition) is 2. The van der Waals surface area contributed by atoms with Crippen LogP contribution < -0.4 is 0 Å².